The van der Waals surface area contributed by atoms with Crippen LogP contribution in [0.5, 0.6) is 11.5 Å². The fourth-order valence-electron chi connectivity index (χ4n) is 3.23. The summed E-state index contributed by atoms with van der Waals surface area (Å²) in [5.74, 6) is 0.446. The van der Waals surface area contributed by atoms with E-state index in [1.807, 2.05) is 13.8 Å². The average molecular weight is 465 g/mol. The van der Waals surface area contributed by atoms with Gasteiger partial charge in [0.25, 0.3) is 0 Å². The number of sulfonamides is 1. The zero-order valence-corrected chi connectivity index (χ0v) is 19.2. The summed E-state index contributed by atoms with van der Waals surface area (Å²) in [5.41, 5.74) is 0.882. The second kappa shape index (κ2) is 10.8. The summed E-state index contributed by atoms with van der Waals surface area (Å²) in [6, 6.07) is 10.5. The Morgan fingerprint density at radius 1 is 1.09 bits per heavy atom. The second-order valence-electron chi connectivity index (χ2n) is 8.05. The third-order valence-corrected chi connectivity index (χ3v) is 6.92. The van der Waals surface area contributed by atoms with E-state index in [9.17, 15) is 17.6 Å². The van der Waals surface area contributed by atoms with Crippen molar-refractivity contribution in [3.8, 4) is 11.5 Å². The molecule has 0 aliphatic carbocycles. The Morgan fingerprint density at radius 2 is 1.78 bits per heavy atom. The van der Waals surface area contributed by atoms with Crippen molar-refractivity contribution >= 4 is 15.9 Å². The number of nitrogens with zero attached hydrogens (tertiary/aromatic N) is 1. The molecule has 0 fully saturated rings. The van der Waals surface area contributed by atoms with Crippen molar-refractivity contribution in [2.24, 2.45) is 5.92 Å². The number of carbonyl (C=O) groups is 1. The first-order chi connectivity index (χ1) is 15.3. The molecule has 2 aromatic rings. The van der Waals surface area contributed by atoms with Crippen molar-refractivity contribution in [3.05, 3.63) is 53.8 Å². The Morgan fingerprint density at radius 3 is 2.47 bits per heavy atom. The number of benzene rings is 2. The molecule has 1 heterocycles. The lowest BCUT2D eigenvalue weighted by Crippen LogP contribution is -2.42. The predicted octanol–water partition coefficient (Wildman–Crippen LogP) is 2.99. The molecule has 7 nitrogen and oxygen atoms in total. The van der Waals surface area contributed by atoms with E-state index in [1.165, 1.54) is 28.6 Å². The Kier molecular flexibility index (Phi) is 8.09. The molecule has 0 saturated heterocycles. The minimum atomic E-state index is -3.91. The zero-order valence-electron chi connectivity index (χ0n) is 18.3. The number of nitrogens with one attached hydrogen (secondary N) is 1. The maximum atomic E-state index is 13.3. The monoisotopic (exact) mass is 464 g/mol. The molecule has 1 N–H and O–H groups in total. The number of ether oxygens (including phenoxy) is 2. The molecule has 1 amide bonds. The summed E-state index contributed by atoms with van der Waals surface area (Å²) in [6.45, 7) is 5.02. The normalized spacial score (nSPS) is 13.4. The molecular formula is C23H29FN2O5S. The minimum absolute atomic E-state index is 0.0598. The van der Waals surface area contributed by atoms with Gasteiger partial charge in [0, 0.05) is 19.2 Å². The Hall–Kier alpha value is -2.65. The van der Waals surface area contributed by atoms with E-state index in [1.54, 1.807) is 18.2 Å². The number of hydrogen-bond donors (Lipinski definition) is 1. The van der Waals surface area contributed by atoms with Crippen LogP contribution in [0.2, 0.25) is 0 Å². The zero-order chi connectivity index (χ0) is 23.1. The molecule has 9 heteroatoms. The number of rotatable bonds is 10. The third-order valence-electron chi connectivity index (χ3n) is 5.08. The molecule has 174 valence electrons. The van der Waals surface area contributed by atoms with Gasteiger partial charge in [-0.25, -0.2) is 12.8 Å². The quantitative estimate of drug-likeness (QED) is 0.584. The molecule has 0 atom stereocenters. The fourth-order valence-corrected chi connectivity index (χ4v) is 4.66. The van der Waals surface area contributed by atoms with E-state index in [2.05, 4.69) is 5.32 Å². The maximum absolute atomic E-state index is 13.3. The van der Waals surface area contributed by atoms with Crippen molar-refractivity contribution in [2.75, 3.05) is 32.8 Å². The lowest BCUT2D eigenvalue weighted by atomic mass is 10.1. The van der Waals surface area contributed by atoms with Crippen LogP contribution >= 0.6 is 0 Å². The summed E-state index contributed by atoms with van der Waals surface area (Å²) in [7, 11) is -3.91. The molecule has 0 radical (unpaired) electrons. The van der Waals surface area contributed by atoms with Gasteiger partial charge in [0.15, 0.2) is 11.5 Å². The lowest BCUT2D eigenvalue weighted by molar-refractivity contribution is -0.121. The molecule has 0 bridgehead atoms. The summed E-state index contributed by atoms with van der Waals surface area (Å²) >= 11 is 0. The molecule has 0 spiro atoms. The van der Waals surface area contributed by atoms with Crippen LogP contribution < -0.4 is 14.8 Å². The Bertz CT molecular complexity index is 1030. The number of hydrogen-bond acceptors (Lipinski definition) is 5. The molecular weight excluding hydrogens is 435 g/mol. The molecule has 0 saturated carbocycles. The van der Waals surface area contributed by atoms with Crippen LogP contribution in [0.3, 0.4) is 0 Å². The topological polar surface area (TPSA) is 84.9 Å². The first kappa shape index (κ1) is 24.0. The molecule has 1 aliphatic rings. The largest absolute Gasteiger partial charge is 0.486 e. The molecule has 3 rings (SSSR count). The van der Waals surface area contributed by atoms with Crippen LogP contribution in [-0.2, 0) is 21.2 Å². The van der Waals surface area contributed by atoms with Gasteiger partial charge in [-0.3, -0.25) is 4.79 Å². The van der Waals surface area contributed by atoms with Crippen LogP contribution in [0.25, 0.3) is 0 Å². The number of fused-ring (bicyclic) bond motifs is 1. The average Bonchev–Trinajstić information content (AvgIpc) is 2.77. The minimum Gasteiger partial charge on any atom is -0.486 e. The molecule has 32 heavy (non-hydrogen) atoms. The first-order valence-corrected chi connectivity index (χ1v) is 12.1. The predicted molar refractivity (Wildman–Crippen MR) is 119 cm³/mol. The fraction of sp³-hybridized carbons (Fsp3) is 0.435. The van der Waals surface area contributed by atoms with Gasteiger partial charge in [-0.2, -0.15) is 4.31 Å². The van der Waals surface area contributed by atoms with Gasteiger partial charge in [-0.15, -0.1) is 0 Å². The number of carbonyl (C=O) groups excluding carboxylic acids is 1. The number of halogens is 1. The Balaban J connectivity index is 1.67. The highest BCUT2D eigenvalue weighted by Gasteiger charge is 2.28. The summed E-state index contributed by atoms with van der Waals surface area (Å²) in [5, 5.41) is 2.75. The van der Waals surface area contributed by atoms with Crippen molar-refractivity contribution in [1.82, 2.24) is 9.62 Å². The smallest absolute Gasteiger partial charge is 0.243 e. The standard InChI is InChI=1S/C23H29FN2O5S/c1-17(2)10-12-26(16-23(27)25-11-9-18-3-5-19(24)6-4-18)32(28,29)20-7-8-21-22(15-20)31-14-13-30-21/h3-8,15,17H,9-14,16H2,1-2H3,(H,25,27). The first-order valence-electron chi connectivity index (χ1n) is 10.7. The highest BCUT2D eigenvalue weighted by atomic mass is 32.2. The van der Waals surface area contributed by atoms with Crippen LogP contribution in [0, 0.1) is 11.7 Å². The van der Waals surface area contributed by atoms with Gasteiger partial charge in [-0.1, -0.05) is 26.0 Å². The van der Waals surface area contributed by atoms with E-state index < -0.39 is 15.9 Å². The molecule has 0 unspecified atom stereocenters. The van der Waals surface area contributed by atoms with Crippen molar-refractivity contribution in [2.45, 2.75) is 31.6 Å². The molecule has 0 aromatic heterocycles. The van der Waals surface area contributed by atoms with Gasteiger partial charge < -0.3 is 14.8 Å². The van der Waals surface area contributed by atoms with Gasteiger partial charge in [0.1, 0.15) is 19.0 Å². The van der Waals surface area contributed by atoms with Crippen molar-refractivity contribution < 1.29 is 27.1 Å². The number of amides is 1. The van der Waals surface area contributed by atoms with E-state index in [0.29, 0.717) is 44.1 Å². The van der Waals surface area contributed by atoms with Gasteiger partial charge in [-0.05, 0) is 48.6 Å². The van der Waals surface area contributed by atoms with E-state index in [0.717, 1.165) is 5.56 Å². The summed E-state index contributed by atoms with van der Waals surface area (Å²) in [6.07, 6.45) is 1.14. The third kappa shape index (κ3) is 6.43. The maximum Gasteiger partial charge on any atom is 0.243 e. The SMILES string of the molecule is CC(C)CCN(CC(=O)NCCc1ccc(F)cc1)S(=O)(=O)c1ccc2c(c1)OCCO2. The van der Waals surface area contributed by atoms with Crippen molar-refractivity contribution in [1.29, 1.82) is 0 Å². The molecule has 2 aromatic carbocycles. The molecule has 1 aliphatic heterocycles. The van der Waals surface area contributed by atoms with Crippen LogP contribution in [0.15, 0.2) is 47.4 Å². The van der Waals surface area contributed by atoms with E-state index >= 15 is 0 Å². The summed E-state index contributed by atoms with van der Waals surface area (Å²) < 4.78 is 51.8. The highest BCUT2D eigenvalue weighted by molar-refractivity contribution is 7.89. The van der Waals surface area contributed by atoms with Gasteiger partial charge >= 0.3 is 0 Å². The van der Waals surface area contributed by atoms with Crippen LogP contribution in [0.4, 0.5) is 4.39 Å². The van der Waals surface area contributed by atoms with Crippen LogP contribution in [-0.4, -0.2) is 51.5 Å². The van der Waals surface area contributed by atoms with E-state index in [-0.39, 0.29) is 29.7 Å². The Labute approximate surface area is 188 Å². The van der Waals surface area contributed by atoms with Crippen LogP contribution in [0.1, 0.15) is 25.8 Å². The lowest BCUT2D eigenvalue weighted by Gasteiger charge is -2.24. The second-order valence-corrected chi connectivity index (χ2v) is 9.99. The van der Waals surface area contributed by atoms with Crippen molar-refractivity contribution in [3.63, 3.8) is 0 Å². The highest BCUT2D eigenvalue weighted by Crippen LogP contribution is 2.33. The van der Waals surface area contributed by atoms with Gasteiger partial charge in [0.2, 0.25) is 15.9 Å². The van der Waals surface area contributed by atoms with E-state index in [4.69, 9.17) is 9.47 Å². The van der Waals surface area contributed by atoms with Gasteiger partial charge in [0.05, 0.1) is 11.4 Å². The summed E-state index contributed by atoms with van der Waals surface area (Å²) in [4.78, 5) is 12.6.